The second-order valence-electron chi connectivity index (χ2n) is 4.26. The van der Waals surface area contributed by atoms with E-state index in [2.05, 4.69) is 15.3 Å². The molecule has 5 heteroatoms. The van der Waals surface area contributed by atoms with Gasteiger partial charge in [-0.15, -0.1) is 0 Å². The van der Waals surface area contributed by atoms with Crippen LogP contribution in [0.2, 0.25) is 0 Å². The minimum atomic E-state index is -1.01. The summed E-state index contributed by atoms with van der Waals surface area (Å²) in [6.07, 6.45) is 4.62. The third kappa shape index (κ3) is 2.29. The van der Waals surface area contributed by atoms with Gasteiger partial charge >= 0.3 is 5.97 Å². The van der Waals surface area contributed by atoms with E-state index in [0.717, 1.165) is 16.6 Å². The van der Waals surface area contributed by atoms with E-state index in [9.17, 15) is 4.79 Å². The Morgan fingerprint density at radius 1 is 1.15 bits per heavy atom. The normalized spacial score (nSPS) is 10.4. The molecule has 2 aromatic heterocycles. The van der Waals surface area contributed by atoms with E-state index < -0.39 is 5.97 Å². The van der Waals surface area contributed by atoms with E-state index in [-0.39, 0.29) is 5.56 Å². The van der Waals surface area contributed by atoms with Crippen molar-refractivity contribution in [2.45, 2.75) is 0 Å². The molecule has 0 atom stereocenters. The topological polar surface area (TPSA) is 75.1 Å². The van der Waals surface area contributed by atoms with Crippen molar-refractivity contribution in [3.8, 4) is 0 Å². The Balaban J connectivity index is 1.99. The summed E-state index contributed by atoms with van der Waals surface area (Å²) in [5.41, 5.74) is 2.35. The van der Waals surface area contributed by atoms with Crippen molar-refractivity contribution in [3.05, 3.63) is 60.6 Å². The van der Waals surface area contributed by atoms with Crippen molar-refractivity contribution in [1.82, 2.24) is 9.97 Å². The quantitative estimate of drug-likeness (QED) is 0.761. The van der Waals surface area contributed by atoms with Gasteiger partial charge in [-0.25, -0.2) is 4.79 Å². The van der Waals surface area contributed by atoms with E-state index in [1.54, 1.807) is 18.5 Å². The largest absolute Gasteiger partial charge is 0.478 e. The van der Waals surface area contributed by atoms with Crippen molar-refractivity contribution in [2.75, 3.05) is 5.32 Å². The number of carboxylic acids is 1. The Labute approximate surface area is 114 Å². The summed E-state index contributed by atoms with van der Waals surface area (Å²) < 4.78 is 0. The number of rotatable bonds is 3. The van der Waals surface area contributed by atoms with Crippen LogP contribution >= 0.6 is 0 Å². The lowest BCUT2D eigenvalue weighted by Gasteiger charge is -2.09. The van der Waals surface area contributed by atoms with Gasteiger partial charge in [0.1, 0.15) is 5.56 Å². The van der Waals surface area contributed by atoms with E-state index in [1.807, 2.05) is 30.3 Å². The summed E-state index contributed by atoms with van der Waals surface area (Å²) in [5, 5.41) is 13.2. The molecule has 2 N–H and O–H groups in total. The number of aromatic carboxylic acids is 1. The van der Waals surface area contributed by atoms with Crippen LogP contribution in [0, 0.1) is 0 Å². The van der Waals surface area contributed by atoms with Crippen molar-refractivity contribution in [1.29, 1.82) is 0 Å². The summed E-state index contributed by atoms with van der Waals surface area (Å²) in [5.74, 6) is -1.01. The average molecular weight is 265 g/mol. The molecule has 0 amide bonds. The molecular weight excluding hydrogens is 254 g/mol. The summed E-state index contributed by atoms with van der Waals surface area (Å²) >= 11 is 0. The highest BCUT2D eigenvalue weighted by molar-refractivity contribution is 5.95. The lowest BCUT2D eigenvalue weighted by Crippen LogP contribution is -2.03. The molecule has 0 saturated heterocycles. The molecule has 0 fully saturated rings. The second-order valence-corrected chi connectivity index (χ2v) is 4.26. The number of carbonyl (C=O) groups is 1. The zero-order valence-corrected chi connectivity index (χ0v) is 10.4. The molecular formula is C15H11N3O2. The summed E-state index contributed by atoms with van der Waals surface area (Å²) in [6, 6.07) is 11.1. The zero-order valence-electron chi connectivity index (χ0n) is 10.4. The standard InChI is InChI=1S/C15H11N3O2/c19-15(20)12-9-16-7-5-14(12)18-11-3-4-13-10(8-11)2-1-6-17-13/h1-9H,(H,16,18)(H,19,20). The smallest absolute Gasteiger partial charge is 0.339 e. The molecule has 1 aromatic carbocycles. The molecule has 0 bridgehead atoms. The lowest BCUT2D eigenvalue weighted by molar-refractivity contribution is 0.0697. The van der Waals surface area contributed by atoms with E-state index in [1.165, 1.54) is 6.20 Å². The third-order valence-corrected chi connectivity index (χ3v) is 2.93. The molecule has 0 aliphatic rings. The first-order valence-electron chi connectivity index (χ1n) is 6.03. The van der Waals surface area contributed by atoms with Gasteiger partial charge in [-0.05, 0) is 30.3 Å². The van der Waals surface area contributed by atoms with Crippen molar-refractivity contribution >= 4 is 28.2 Å². The molecule has 98 valence electrons. The predicted molar refractivity (Wildman–Crippen MR) is 76.2 cm³/mol. The number of aromatic nitrogens is 2. The maximum absolute atomic E-state index is 11.1. The fraction of sp³-hybridized carbons (Fsp3) is 0. The number of hydrogen-bond donors (Lipinski definition) is 2. The van der Waals surface area contributed by atoms with Crippen LogP contribution in [0.15, 0.2) is 55.0 Å². The fourth-order valence-electron chi connectivity index (χ4n) is 1.98. The molecule has 0 radical (unpaired) electrons. The first-order chi connectivity index (χ1) is 9.74. The number of hydrogen-bond acceptors (Lipinski definition) is 4. The van der Waals surface area contributed by atoms with Crippen molar-refractivity contribution in [3.63, 3.8) is 0 Å². The number of nitrogens with one attached hydrogen (secondary N) is 1. The third-order valence-electron chi connectivity index (χ3n) is 2.93. The summed E-state index contributed by atoms with van der Waals surface area (Å²) in [7, 11) is 0. The lowest BCUT2D eigenvalue weighted by atomic mass is 10.2. The van der Waals surface area contributed by atoms with Gasteiger partial charge in [0.15, 0.2) is 0 Å². The number of pyridine rings is 2. The Morgan fingerprint density at radius 3 is 2.90 bits per heavy atom. The van der Waals surface area contributed by atoms with Crippen LogP contribution in [-0.2, 0) is 0 Å². The first kappa shape index (κ1) is 12.1. The summed E-state index contributed by atoms with van der Waals surface area (Å²) in [6.45, 7) is 0. The van der Waals surface area contributed by atoms with Gasteiger partial charge in [-0.1, -0.05) is 6.07 Å². The van der Waals surface area contributed by atoms with Gasteiger partial charge in [-0.2, -0.15) is 0 Å². The molecule has 2 heterocycles. The van der Waals surface area contributed by atoms with Crippen LogP contribution in [0.3, 0.4) is 0 Å². The number of nitrogens with zero attached hydrogens (tertiary/aromatic N) is 2. The highest BCUT2D eigenvalue weighted by Gasteiger charge is 2.09. The maximum atomic E-state index is 11.1. The monoisotopic (exact) mass is 265 g/mol. The van der Waals surface area contributed by atoms with Crippen molar-refractivity contribution < 1.29 is 9.90 Å². The Morgan fingerprint density at radius 2 is 2.05 bits per heavy atom. The van der Waals surface area contributed by atoms with Crippen LogP contribution in [-0.4, -0.2) is 21.0 Å². The molecule has 3 rings (SSSR count). The molecule has 5 nitrogen and oxygen atoms in total. The van der Waals surface area contributed by atoms with Crippen molar-refractivity contribution in [2.24, 2.45) is 0 Å². The first-order valence-corrected chi connectivity index (χ1v) is 6.03. The van der Waals surface area contributed by atoms with Crippen LogP contribution in [0.4, 0.5) is 11.4 Å². The SMILES string of the molecule is O=C(O)c1cnccc1Nc1ccc2ncccc2c1. The van der Waals surface area contributed by atoms with Crippen LogP contribution in [0.25, 0.3) is 10.9 Å². The zero-order chi connectivity index (χ0) is 13.9. The minimum Gasteiger partial charge on any atom is -0.478 e. The van der Waals surface area contributed by atoms with Crippen LogP contribution in [0.1, 0.15) is 10.4 Å². The second kappa shape index (κ2) is 4.97. The number of fused-ring (bicyclic) bond motifs is 1. The minimum absolute atomic E-state index is 0.138. The average Bonchev–Trinajstić information content (AvgIpc) is 2.47. The fourth-order valence-corrected chi connectivity index (χ4v) is 1.98. The summed E-state index contributed by atoms with van der Waals surface area (Å²) in [4.78, 5) is 19.2. The Kier molecular flexibility index (Phi) is 3.01. The van der Waals surface area contributed by atoms with Gasteiger partial charge in [0.2, 0.25) is 0 Å². The molecule has 0 aliphatic heterocycles. The van der Waals surface area contributed by atoms with Gasteiger partial charge in [0.05, 0.1) is 11.2 Å². The van der Waals surface area contributed by atoms with Crippen LogP contribution in [0.5, 0.6) is 0 Å². The number of anilines is 2. The molecule has 0 aliphatic carbocycles. The number of benzene rings is 1. The van der Waals surface area contributed by atoms with E-state index in [0.29, 0.717) is 5.69 Å². The predicted octanol–water partition coefficient (Wildman–Crippen LogP) is 3.07. The Bertz CT molecular complexity index is 787. The van der Waals surface area contributed by atoms with Gasteiger partial charge < -0.3 is 10.4 Å². The van der Waals surface area contributed by atoms with Gasteiger partial charge in [0, 0.05) is 29.7 Å². The molecule has 20 heavy (non-hydrogen) atoms. The molecule has 0 spiro atoms. The highest BCUT2D eigenvalue weighted by Crippen LogP contribution is 2.23. The van der Waals surface area contributed by atoms with Gasteiger partial charge in [-0.3, -0.25) is 9.97 Å². The maximum Gasteiger partial charge on any atom is 0.339 e. The van der Waals surface area contributed by atoms with E-state index >= 15 is 0 Å². The van der Waals surface area contributed by atoms with Gasteiger partial charge in [0.25, 0.3) is 0 Å². The molecule has 3 aromatic rings. The molecule has 0 unspecified atom stereocenters. The van der Waals surface area contributed by atoms with E-state index in [4.69, 9.17) is 5.11 Å². The number of carboxylic acid groups (broad SMARTS) is 1. The van der Waals surface area contributed by atoms with Crippen LogP contribution < -0.4 is 5.32 Å². The molecule has 0 saturated carbocycles. The highest BCUT2D eigenvalue weighted by atomic mass is 16.4. The Hall–Kier alpha value is -2.95.